The molecule has 5 rings (SSSR count). The second kappa shape index (κ2) is 11.4. The standard InChI is InChI=1S/C34H39NO5/c1-6-35-27-18-21(11-13-26(27)34(2,3)4)17-23-19-28(36)24-9-7-8-10-25(24)32(33(37)38-5)31(23)22-12-14-29-30(20-22)40-16-15-39-29/h7-14,18,20,23,31-32,35H,6,15-17,19H2,1-5H3/t23?,31-,32-/m0/s1. The number of carbonyl (C=O) groups excluding carboxylic acids is 2. The molecule has 0 amide bonds. The number of ketones is 1. The van der Waals surface area contributed by atoms with Gasteiger partial charge in [0.15, 0.2) is 17.3 Å². The number of hydrogen-bond acceptors (Lipinski definition) is 6. The van der Waals surface area contributed by atoms with Crippen LogP contribution in [0.1, 0.15) is 78.6 Å². The van der Waals surface area contributed by atoms with Crippen LogP contribution in [0.4, 0.5) is 5.69 Å². The van der Waals surface area contributed by atoms with E-state index < -0.39 is 5.92 Å². The van der Waals surface area contributed by atoms with E-state index in [0.717, 1.165) is 28.9 Å². The van der Waals surface area contributed by atoms with Crippen molar-refractivity contribution in [3.63, 3.8) is 0 Å². The number of benzene rings is 3. The second-order valence-corrected chi connectivity index (χ2v) is 11.8. The zero-order valence-electron chi connectivity index (χ0n) is 24.1. The van der Waals surface area contributed by atoms with E-state index in [2.05, 4.69) is 51.2 Å². The van der Waals surface area contributed by atoms with Gasteiger partial charge in [0.1, 0.15) is 13.2 Å². The van der Waals surface area contributed by atoms with Crippen LogP contribution in [-0.2, 0) is 21.4 Å². The van der Waals surface area contributed by atoms with Gasteiger partial charge in [-0.1, -0.05) is 63.2 Å². The lowest BCUT2D eigenvalue weighted by Gasteiger charge is -2.32. The number of hydrogen-bond donors (Lipinski definition) is 1. The molecule has 40 heavy (non-hydrogen) atoms. The van der Waals surface area contributed by atoms with Crippen LogP contribution in [0.25, 0.3) is 0 Å². The van der Waals surface area contributed by atoms with Crippen molar-refractivity contribution in [1.29, 1.82) is 0 Å². The summed E-state index contributed by atoms with van der Waals surface area (Å²) in [5.41, 5.74) is 5.72. The van der Waals surface area contributed by atoms with E-state index >= 15 is 0 Å². The molecular formula is C34H39NO5. The third kappa shape index (κ3) is 5.45. The molecule has 6 heteroatoms. The van der Waals surface area contributed by atoms with Crippen LogP contribution in [0.2, 0.25) is 0 Å². The highest BCUT2D eigenvalue weighted by atomic mass is 16.6. The Morgan fingerprint density at radius 3 is 2.48 bits per heavy atom. The fourth-order valence-corrected chi connectivity index (χ4v) is 6.31. The summed E-state index contributed by atoms with van der Waals surface area (Å²) in [5, 5.41) is 3.54. The number of Topliss-reactive ketones (excluding diaryl/α,β-unsaturated/α-hetero) is 1. The quantitative estimate of drug-likeness (QED) is 0.277. The van der Waals surface area contributed by atoms with E-state index in [-0.39, 0.29) is 29.0 Å². The number of ether oxygens (including phenoxy) is 3. The summed E-state index contributed by atoms with van der Waals surface area (Å²) in [4.78, 5) is 27.3. The SMILES string of the molecule is CCNc1cc(CC2CC(=O)c3ccccc3[C@H](C(=O)OC)[C@H]2c2ccc3c(c2)OCCO3)ccc1C(C)(C)C. The number of anilines is 1. The summed E-state index contributed by atoms with van der Waals surface area (Å²) >= 11 is 0. The van der Waals surface area contributed by atoms with Gasteiger partial charge in [-0.15, -0.1) is 0 Å². The number of rotatable bonds is 6. The van der Waals surface area contributed by atoms with Crippen LogP contribution in [0.15, 0.2) is 60.7 Å². The summed E-state index contributed by atoms with van der Waals surface area (Å²) in [6.07, 6.45) is 0.955. The average molecular weight is 542 g/mol. The van der Waals surface area contributed by atoms with Crippen LogP contribution < -0.4 is 14.8 Å². The zero-order valence-corrected chi connectivity index (χ0v) is 24.1. The van der Waals surface area contributed by atoms with Crippen LogP contribution in [0.5, 0.6) is 11.5 Å². The fraction of sp³-hybridized carbons (Fsp3) is 0.412. The van der Waals surface area contributed by atoms with Gasteiger partial charge in [-0.25, -0.2) is 0 Å². The summed E-state index contributed by atoms with van der Waals surface area (Å²) in [6.45, 7) is 10.5. The van der Waals surface area contributed by atoms with E-state index in [0.29, 0.717) is 43.1 Å². The minimum absolute atomic E-state index is 0.0142. The molecule has 6 nitrogen and oxygen atoms in total. The monoisotopic (exact) mass is 541 g/mol. The van der Waals surface area contributed by atoms with Crippen LogP contribution in [-0.4, -0.2) is 38.6 Å². The van der Waals surface area contributed by atoms with Crippen LogP contribution in [0.3, 0.4) is 0 Å². The van der Waals surface area contributed by atoms with Gasteiger partial charge in [0, 0.05) is 30.1 Å². The Balaban J connectivity index is 1.64. The van der Waals surface area contributed by atoms with E-state index in [1.807, 2.05) is 42.5 Å². The van der Waals surface area contributed by atoms with Crippen molar-refractivity contribution < 1.29 is 23.8 Å². The number of methoxy groups -OCH3 is 1. The number of nitrogens with one attached hydrogen (secondary N) is 1. The number of fused-ring (bicyclic) bond motifs is 2. The van der Waals surface area contributed by atoms with Crippen molar-refractivity contribution in [2.24, 2.45) is 5.92 Å². The third-order valence-corrected chi connectivity index (χ3v) is 8.07. The van der Waals surface area contributed by atoms with Crippen LogP contribution in [0, 0.1) is 5.92 Å². The highest BCUT2D eigenvalue weighted by molar-refractivity contribution is 6.00. The molecule has 3 aromatic carbocycles. The van der Waals surface area contributed by atoms with E-state index in [9.17, 15) is 9.59 Å². The largest absolute Gasteiger partial charge is 0.486 e. The van der Waals surface area contributed by atoms with Crippen molar-refractivity contribution >= 4 is 17.4 Å². The van der Waals surface area contributed by atoms with Gasteiger partial charge in [-0.2, -0.15) is 0 Å². The lowest BCUT2D eigenvalue weighted by Crippen LogP contribution is -2.28. The summed E-state index contributed by atoms with van der Waals surface area (Å²) in [5.74, 6) is -0.0287. The van der Waals surface area contributed by atoms with Gasteiger partial charge in [-0.3, -0.25) is 9.59 Å². The zero-order chi connectivity index (χ0) is 28.4. The smallest absolute Gasteiger partial charge is 0.313 e. The molecule has 0 aromatic heterocycles. The van der Waals surface area contributed by atoms with Crippen molar-refractivity contribution in [1.82, 2.24) is 0 Å². The first-order valence-corrected chi connectivity index (χ1v) is 14.2. The highest BCUT2D eigenvalue weighted by Crippen LogP contribution is 2.48. The van der Waals surface area contributed by atoms with E-state index in [4.69, 9.17) is 14.2 Å². The van der Waals surface area contributed by atoms with Crippen molar-refractivity contribution in [3.05, 3.63) is 88.5 Å². The molecular weight excluding hydrogens is 502 g/mol. The maximum atomic E-state index is 13.7. The maximum Gasteiger partial charge on any atom is 0.313 e. The Hall–Kier alpha value is -3.80. The highest BCUT2D eigenvalue weighted by Gasteiger charge is 2.43. The Bertz CT molecular complexity index is 1410. The molecule has 3 atom stereocenters. The fourth-order valence-electron chi connectivity index (χ4n) is 6.31. The molecule has 2 aliphatic rings. The molecule has 0 spiro atoms. The number of esters is 1. The minimum Gasteiger partial charge on any atom is -0.486 e. The minimum atomic E-state index is -0.637. The predicted octanol–water partition coefficient (Wildman–Crippen LogP) is 6.67. The lowest BCUT2D eigenvalue weighted by atomic mass is 9.72. The molecule has 1 N–H and O–H groups in total. The molecule has 1 aliphatic carbocycles. The molecule has 1 unspecified atom stereocenters. The third-order valence-electron chi connectivity index (χ3n) is 8.07. The van der Waals surface area contributed by atoms with Gasteiger partial charge < -0.3 is 19.5 Å². The molecule has 0 saturated heterocycles. The van der Waals surface area contributed by atoms with Gasteiger partial charge in [-0.05, 0) is 65.1 Å². The van der Waals surface area contributed by atoms with Crippen LogP contribution >= 0.6 is 0 Å². The lowest BCUT2D eigenvalue weighted by molar-refractivity contribution is -0.143. The summed E-state index contributed by atoms with van der Waals surface area (Å²) in [6, 6.07) is 19.9. The molecule has 1 heterocycles. The van der Waals surface area contributed by atoms with Gasteiger partial charge in [0.25, 0.3) is 0 Å². The van der Waals surface area contributed by atoms with E-state index in [1.54, 1.807) is 0 Å². The molecule has 0 saturated carbocycles. The Morgan fingerprint density at radius 2 is 1.75 bits per heavy atom. The van der Waals surface area contributed by atoms with E-state index in [1.165, 1.54) is 12.7 Å². The first kappa shape index (κ1) is 27.8. The normalized spacial score (nSPS) is 20.3. The predicted molar refractivity (Wildman–Crippen MR) is 157 cm³/mol. The maximum absolute atomic E-state index is 13.7. The Morgan fingerprint density at radius 1 is 1.00 bits per heavy atom. The van der Waals surface area contributed by atoms with Crippen molar-refractivity contribution in [3.8, 4) is 11.5 Å². The summed E-state index contributed by atoms with van der Waals surface area (Å²) in [7, 11) is 1.42. The molecule has 0 bridgehead atoms. The Kier molecular flexibility index (Phi) is 7.88. The Labute approximate surface area is 237 Å². The first-order valence-electron chi connectivity index (χ1n) is 14.2. The van der Waals surface area contributed by atoms with Crippen molar-refractivity contribution in [2.75, 3.05) is 32.2 Å². The first-order chi connectivity index (χ1) is 19.2. The average Bonchev–Trinajstić information content (AvgIpc) is 3.06. The van der Waals surface area contributed by atoms with Crippen molar-refractivity contribution in [2.45, 2.75) is 57.8 Å². The molecule has 210 valence electrons. The molecule has 0 radical (unpaired) electrons. The van der Waals surface area contributed by atoms with Gasteiger partial charge in [0.2, 0.25) is 0 Å². The topological polar surface area (TPSA) is 73.9 Å². The van der Waals surface area contributed by atoms with Gasteiger partial charge in [0.05, 0.1) is 13.0 Å². The second-order valence-electron chi connectivity index (χ2n) is 11.8. The number of carbonyl (C=O) groups is 2. The molecule has 1 aliphatic heterocycles. The molecule has 3 aromatic rings. The van der Waals surface area contributed by atoms with Gasteiger partial charge >= 0.3 is 5.97 Å². The summed E-state index contributed by atoms with van der Waals surface area (Å²) < 4.78 is 17.1. The molecule has 0 fully saturated rings.